The molecule has 0 aromatic carbocycles. The molecule has 0 fully saturated rings. The zero-order chi connectivity index (χ0) is 6.27. The summed E-state index contributed by atoms with van der Waals surface area (Å²) in [5.74, 6) is 0.537. The first-order valence-corrected chi connectivity index (χ1v) is 2.57. The van der Waals surface area contributed by atoms with Gasteiger partial charge in [-0.2, -0.15) is 4.73 Å². The molecule has 0 saturated heterocycles. The Morgan fingerprint density at radius 3 is 3.00 bits per heavy atom. The Balaban J connectivity index is 2.99. The van der Waals surface area contributed by atoms with Crippen molar-refractivity contribution in [2.75, 3.05) is 0 Å². The van der Waals surface area contributed by atoms with Gasteiger partial charge in [-0.05, 0) is 0 Å². The van der Waals surface area contributed by atoms with Crippen molar-refractivity contribution in [3.05, 3.63) is 24.8 Å². The molecule has 1 N–H and O–H groups in total. The smallest absolute Gasteiger partial charge is 0.247 e. The summed E-state index contributed by atoms with van der Waals surface area (Å²) in [7, 11) is 0. The Morgan fingerprint density at radius 1 is 1.33 bits per heavy atom. The van der Waals surface area contributed by atoms with Crippen LogP contribution in [-0.2, 0) is 0 Å². The third-order valence-electron chi connectivity index (χ3n) is 1.22. The van der Waals surface area contributed by atoms with Crippen molar-refractivity contribution in [1.82, 2.24) is 14.1 Å². The molecule has 0 bridgehead atoms. The summed E-state index contributed by atoms with van der Waals surface area (Å²) in [5.41, 5.74) is 0. The van der Waals surface area contributed by atoms with E-state index in [2.05, 4.69) is 4.98 Å². The van der Waals surface area contributed by atoms with E-state index >= 15 is 0 Å². The number of rotatable bonds is 0. The molecule has 0 spiro atoms. The highest BCUT2D eigenvalue weighted by molar-refractivity contribution is 5.27. The first-order valence-electron chi connectivity index (χ1n) is 2.57. The van der Waals surface area contributed by atoms with Crippen molar-refractivity contribution < 1.29 is 5.21 Å². The van der Waals surface area contributed by atoms with E-state index in [-0.39, 0.29) is 0 Å². The fourth-order valence-electron chi connectivity index (χ4n) is 0.801. The van der Waals surface area contributed by atoms with Gasteiger partial charge in [-0.1, -0.05) is 0 Å². The lowest BCUT2D eigenvalue weighted by atomic mass is 10.9. The molecule has 0 unspecified atom stereocenters. The van der Waals surface area contributed by atoms with Crippen molar-refractivity contribution in [3.8, 4) is 0 Å². The van der Waals surface area contributed by atoms with Gasteiger partial charge in [0.15, 0.2) is 0 Å². The van der Waals surface area contributed by atoms with Crippen LogP contribution in [0.3, 0.4) is 0 Å². The van der Waals surface area contributed by atoms with E-state index in [1.807, 2.05) is 0 Å². The monoisotopic (exact) mass is 123 g/mol. The van der Waals surface area contributed by atoms with E-state index in [0.717, 1.165) is 4.73 Å². The second kappa shape index (κ2) is 1.28. The molecule has 0 atom stereocenters. The number of fused-ring (bicyclic) bond motifs is 1. The highest BCUT2D eigenvalue weighted by atomic mass is 16.5. The summed E-state index contributed by atoms with van der Waals surface area (Å²) in [6, 6.07) is 0. The first kappa shape index (κ1) is 4.43. The van der Waals surface area contributed by atoms with Crippen LogP contribution in [0.25, 0.3) is 5.78 Å². The summed E-state index contributed by atoms with van der Waals surface area (Å²) in [5, 5.41) is 8.93. The quantitative estimate of drug-likeness (QED) is 0.514. The minimum absolute atomic E-state index is 0.537. The number of nitrogens with zero attached hydrogens (tertiary/aromatic N) is 3. The van der Waals surface area contributed by atoms with Gasteiger partial charge in [0.1, 0.15) is 0 Å². The van der Waals surface area contributed by atoms with Gasteiger partial charge in [-0.25, -0.2) is 4.98 Å². The average molecular weight is 123 g/mol. The van der Waals surface area contributed by atoms with Crippen molar-refractivity contribution in [2.24, 2.45) is 0 Å². The van der Waals surface area contributed by atoms with Crippen LogP contribution >= 0.6 is 0 Å². The second-order valence-electron chi connectivity index (χ2n) is 1.78. The lowest BCUT2D eigenvalue weighted by Crippen LogP contribution is -1.87. The maximum atomic E-state index is 8.93. The molecule has 0 aliphatic carbocycles. The normalized spacial score (nSPS) is 10.7. The van der Waals surface area contributed by atoms with Crippen LogP contribution in [0.15, 0.2) is 24.8 Å². The van der Waals surface area contributed by atoms with Crippen LogP contribution < -0.4 is 0 Å². The number of hydrogen-bond donors (Lipinski definition) is 1. The van der Waals surface area contributed by atoms with E-state index in [4.69, 9.17) is 5.21 Å². The molecule has 4 nitrogen and oxygen atoms in total. The highest BCUT2D eigenvalue weighted by Crippen LogP contribution is 1.97. The molecule has 0 radical (unpaired) electrons. The largest absolute Gasteiger partial charge is 0.425 e. The molecule has 46 valence electrons. The average Bonchev–Trinajstić information content (AvgIpc) is 2.35. The standard InChI is InChI=1S/C5H5N3O/c9-8-4-3-7-2-1-6-5(7)8/h1-4,9H. The minimum Gasteiger partial charge on any atom is -0.425 e. The summed E-state index contributed by atoms with van der Waals surface area (Å²) >= 11 is 0. The molecular formula is C5H5N3O. The summed E-state index contributed by atoms with van der Waals surface area (Å²) in [6.07, 6.45) is 6.65. The molecule has 0 amide bonds. The summed E-state index contributed by atoms with van der Waals surface area (Å²) in [4.78, 5) is 3.85. The molecule has 0 aliphatic rings. The molecule has 0 saturated carbocycles. The van der Waals surface area contributed by atoms with Gasteiger partial charge in [0, 0.05) is 18.6 Å². The van der Waals surface area contributed by atoms with Crippen molar-refractivity contribution >= 4 is 5.78 Å². The fourth-order valence-corrected chi connectivity index (χ4v) is 0.801. The van der Waals surface area contributed by atoms with Crippen molar-refractivity contribution in [2.45, 2.75) is 0 Å². The van der Waals surface area contributed by atoms with Gasteiger partial charge in [0.05, 0.1) is 6.20 Å². The van der Waals surface area contributed by atoms with Crippen LogP contribution in [0.2, 0.25) is 0 Å². The zero-order valence-corrected chi connectivity index (χ0v) is 4.60. The van der Waals surface area contributed by atoms with E-state index in [0.29, 0.717) is 5.78 Å². The Kier molecular flexibility index (Phi) is 0.631. The second-order valence-corrected chi connectivity index (χ2v) is 1.78. The van der Waals surface area contributed by atoms with Crippen molar-refractivity contribution in [3.63, 3.8) is 0 Å². The first-order chi connectivity index (χ1) is 4.38. The predicted octanol–water partition coefficient (Wildman–Crippen LogP) is 0.373. The Hall–Kier alpha value is -1.45. The highest BCUT2D eigenvalue weighted by Gasteiger charge is 1.95. The molecule has 9 heavy (non-hydrogen) atoms. The zero-order valence-electron chi connectivity index (χ0n) is 4.60. The topological polar surface area (TPSA) is 42.5 Å². The minimum atomic E-state index is 0.537. The fraction of sp³-hybridized carbons (Fsp3) is 0. The van der Waals surface area contributed by atoms with Crippen LogP contribution in [0, 0.1) is 0 Å². The molecule has 4 heteroatoms. The van der Waals surface area contributed by atoms with Gasteiger partial charge >= 0.3 is 0 Å². The summed E-state index contributed by atoms with van der Waals surface area (Å²) < 4.78 is 2.69. The maximum Gasteiger partial charge on any atom is 0.247 e. The Morgan fingerprint density at radius 2 is 2.22 bits per heavy atom. The van der Waals surface area contributed by atoms with E-state index < -0.39 is 0 Å². The third kappa shape index (κ3) is 0.440. The van der Waals surface area contributed by atoms with Gasteiger partial charge in [-0.15, -0.1) is 0 Å². The number of hydrogen-bond acceptors (Lipinski definition) is 2. The lowest BCUT2D eigenvalue weighted by Gasteiger charge is -1.83. The van der Waals surface area contributed by atoms with E-state index in [9.17, 15) is 0 Å². The molecule has 2 aromatic heterocycles. The van der Waals surface area contributed by atoms with Crippen LogP contribution in [-0.4, -0.2) is 19.3 Å². The van der Waals surface area contributed by atoms with Gasteiger partial charge in [0.25, 0.3) is 0 Å². The Bertz CT molecular complexity index is 321. The summed E-state index contributed by atoms with van der Waals surface area (Å²) in [6.45, 7) is 0. The third-order valence-corrected chi connectivity index (χ3v) is 1.22. The molecule has 0 aliphatic heterocycles. The lowest BCUT2D eigenvalue weighted by molar-refractivity contribution is 0.197. The van der Waals surface area contributed by atoms with Crippen LogP contribution in [0.4, 0.5) is 0 Å². The molecule has 2 rings (SSSR count). The maximum absolute atomic E-state index is 8.93. The SMILES string of the molecule is On1ccn2ccnc12. The number of imidazole rings is 2. The van der Waals surface area contributed by atoms with Crippen molar-refractivity contribution in [1.29, 1.82) is 0 Å². The van der Waals surface area contributed by atoms with Gasteiger partial charge in [0.2, 0.25) is 5.78 Å². The number of aromatic nitrogens is 3. The van der Waals surface area contributed by atoms with E-state index in [1.165, 1.54) is 6.20 Å². The van der Waals surface area contributed by atoms with E-state index in [1.54, 1.807) is 23.0 Å². The molecular weight excluding hydrogens is 118 g/mol. The van der Waals surface area contributed by atoms with Crippen LogP contribution in [0.1, 0.15) is 0 Å². The van der Waals surface area contributed by atoms with Gasteiger partial charge in [-0.3, -0.25) is 4.40 Å². The van der Waals surface area contributed by atoms with Gasteiger partial charge < -0.3 is 5.21 Å². The Labute approximate surface area is 50.9 Å². The molecule has 2 heterocycles. The predicted molar refractivity (Wildman–Crippen MR) is 30.4 cm³/mol. The van der Waals surface area contributed by atoms with Crippen LogP contribution in [0.5, 0.6) is 0 Å². The molecule has 2 aromatic rings.